The lowest BCUT2D eigenvalue weighted by Crippen LogP contribution is -2.04. The molecule has 3 heteroatoms. The fraction of sp³-hybridized carbons (Fsp3) is 0.455. The van der Waals surface area contributed by atoms with E-state index in [2.05, 4.69) is 15.9 Å². The van der Waals surface area contributed by atoms with E-state index in [9.17, 15) is 8.78 Å². The maximum atomic E-state index is 13.6. The number of benzene rings is 1. The van der Waals surface area contributed by atoms with Gasteiger partial charge in [0.05, 0.1) is 0 Å². The summed E-state index contributed by atoms with van der Waals surface area (Å²) < 4.78 is 27.6. The van der Waals surface area contributed by atoms with Crippen LogP contribution in [0.5, 0.6) is 0 Å². The molecule has 0 aliphatic carbocycles. The van der Waals surface area contributed by atoms with Crippen molar-refractivity contribution in [3.8, 4) is 0 Å². The van der Waals surface area contributed by atoms with Crippen molar-refractivity contribution in [1.82, 2.24) is 0 Å². The molecule has 0 fully saturated rings. The second kappa shape index (κ2) is 3.97. The standard InChI is InChI=1S/C11H13BrF2/c1-5(2)8-6(3)9(12)7(4)10(13)11(8)14/h5H,1-4H3. The van der Waals surface area contributed by atoms with Crippen LogP contribution in [0.2, 0.25) is 0 Å². The van der Waals surface area contributed by atoms with Gasteiger partial charge in [-0.2, -0.15) is 0 Å². The van der Waals surface area contributed by atoms with Gasteiger partial charge in [0.25, 0.3) is 0 Å². The number of rotatable bonds is 1. The van der Waals surface area contributed by atoms with E-state index >= 15 is 0 Å². The lowest BCUT2D eigenvalue weighted by atomic mass is 9.95. The predicted octanol–water partition coefficient (Wildman–Crippen LogP) is 4.47. The van der Waals surface area contributed by atoms with Crippen molar-refractivity contribution < 1.29 is 8.78 Å². The zero-order valence-corrected chi connectivity index (χ0v) is 10.3. The second-order valence-corrected chi connectivity index (χ2v) is 4.55. The molecule has 0 atom stereocenters. The summed E-state index contributed by atoms with van der Waals surface area (Å²) in [5, 5.41) is 0. The molecule has 0 heterocycles. The third kappa shape index (κ3) is 1.70. The maximum absolute atomic E-state index is 13.6. The Morgan fingerprint density at radius 1 is 1.00 bits per heavy atom. The fourth-order valence-corrected chi connectivity index (χ4v) is 2.02. The molecule has 0 saturated carbocycles. The fourth-order valence-electron chi connectivity index (χ4n) is 1.63. The van der Waals surface area contributed by atoms with Gasteiger partial charge in [-0.15, -0.1) is 0 Å². The van der Waals surface area contributed by atoms with E-state index in [1.807, 2.05) is 13.8 Å². The molecular formula is C11H13BrF2. The Kier molecular flexibility index (Phi) is 3.30. The van der Waals surface area contributed by atoms with E-state index in [1.54, 1.807) is 13.8 Å². The summed E-state index contributed by atoms with van der Waals surface area (Å²) in [7, 11) is 0. The van der Waals surface area contributed by atoms with Gasteiger partial charge >= 0.3 is 0 Å². The van der Waals surface area contributed by atoms with Crippen molar-refractivity contribution >= 4 is 15.9 Å². The summed E-state index contributed by atoms with van der Waals surface area (Å²) in [6, 6.07) is 0. The van der Waals surface area contributed by atoms with Crippen LogP contribution in [0.15, 0.2) is 4.47 Å². The lowest BCUT2D eigenvalue weighted by Gasteiger charge is -2.15. The molecule has 0 aromatic heterocycles. The Morgan fingerprint density at radius 2 is 1.50 bits per heavy atom. The molecule has 1 aromatic carbocycles. The van der Waals surface area contributed by atoms with Gasteiger partial charge in [0, 0.05) is 10.0 Å². The topological polar surface area (TPSA) is 0 Å². The second-order valence-electron chi connectivity index (χ2n) is 3.76. The van der Waals surface area contributed by atoms with Crippen LogP contribution < -0.4 is 0 Å². The van der Waals surface area contributed by atoms with Crippen molar-refractivity contribution in [3.05, 3.63) is 32.8 Å². The van der Waals surface area contributed by atoms with Gasteiger partial charge in [-0.25, -0.2) is 8.78 Å². The van der Waals surface area contributed by atoms with E-state index in [-0.39, 0.29) is 5.92 Å². The van der Waals surface area contributed by atoms with Gasteiger partial charge in [0.1, 0.15) is 0 Å². The van der Waals surface area contributed by atoms with Crippen molar-refractivity contribution in [2.45, 2.75) is 33.6 Å². The molecule has 0 aliphatic heterocycles. The summed E-state index contributed by atoms with van der Waals surface area (Å²) in [6.45, 7) is 7.08. The van der Waals surface area contributed by atoms with Crippen molar-refractivity contribution in [2.75, 3.05) is 0 Å². The Bertz CT molecular complexity index is 341. The Hall–Kier alpha value is -0.440. The molecule has 0 saturated heterocycles. The van der Waals surface area contributed by atoms with Crippen molar-refractivity contribution in [3.63, 3.8) is 0 Å². The highest BCUT2D eigenvalue weighted by atomic mass is 79.9. The van der Waals surface area contributed by atoms with Crippen LogP contribution in [0.4, 0.5) is 8.78 Å². The normalized spacial score (nSPS) is 11.1. The summed E-state index contributed by atoms with van der Waals surface area (Å²) in [6.07, 6.45) is 0. The summed E-state index contributed by atoms with van der Waals surface area (Å²) in [4.78, 5) is 0. The maximum Gasteiger partial charge on any atom is 0.163 e. The van der Waals surface area contributed by atoms with Crippen molar-refractivity contribution in [1.29, 1.82) is 0 Å². The third-order valence-corrected chi connectivity index (χ3v) is 3.59. The predicted molar refractivity (Wildman–Crippen MR) is 57.6 cm³/mol. The van der Waals surface area contributed by atoms with Gasteiger partial charge in [-0.3, -0.25) is 0 Å². The zero-order valence-electron chi connectivity index (χ0n) is 8.71. The van der Waals surface area contributed by atoms with Crippen LogP contribution in [0.1, 0.15) is 36.5 Å². The quantitative estimate of drug-likeness (QED) is 0.656. The van der Waals surface area contributed by atoms with Gasteiger partial charge in [-0.05, 0) is 30.9 Å². The van der Waals surface area contributed by atoms with Crippen LogP contribution in [-0.4, -0.2) is 0 Å². The Morgan fingerprint density at radius 3 is 1.93 bits per heavy atom. The minimum absolute atomic E-state index is 0.0126. The van der Waals surface area contributed by atoms with Crippen LogP contribution in [0.3, 0.4) is 0 Å². The molecule has 0 aliphatic rings. The Balaban J connectivity index is 3.60. The first kappa shape index (κ1) is 11.6. The van der Waals surface area contributed by atoms with Gasteiger partial charge < -0.3 is 0 Å². The van der Waals surface area contributed by atoms with Crippen LogP contribution in [0, 0.1) is 25.5 Å². The first-order valence-electron chi connectivity index (χ1n) is 4.51. The third-order valence-electron chi connectivity index (χ3n) is 2.40. The number of hydrogen-bond acceptors (Lipinski definition) is 0. The van der Waals surface area contributed by atoms with Crippen LogP contribution >= 0.6 is 15.9 Å². The number of hydrogen-bond donors (Lipinski definition) is 0. The summed E-state index contributed by atoms with van der Waals surface area (Å²) in [5.41, 5.74) is 1.58. The highest BCUT2D eigenvalue weighted by Crippen LogP contribution is 2.33. The average Bonchev–Trinajstić information content (AvgIpc) is 2.11. The lowest BCUT2D eigenvalue weighted by molar-refractivity contribution is 0.486. The molecule has 0 N–H and O–H groups in total. The highest BCUT2D eigenvalue weighted by molar-refractivity contribution is 9.10. The molecule has 0 bridgehead atoms. The van der Waals surface area contributed by atoms with Crippen LogP contribution in [0.25, 0.3) is 0 Å². The molecule has 1 aromatic rings. The largest absolute Gasteiger partial charge is 0.203 e. The SMILES string of the molecule is Cc1c(F)c(F)c(C(C)C)c(C)c1Br. The number of halogens is 3. The van der Waals surface area contributed by atoms with E-state index in [0.29, 0.717) is 15.6 Å². The van der Waals surface area contributed by atoms with Gasteiger partial charge in [0.2, 0.25) is 0 Å². The molecule has 0 nitrogen and oxygen atoms in total. The zero-order chi connectivity index (χ0) is 11.0. The molecule has 1 rings (SSSR count). The van der Waals surface area contributed by atoms with Crippen LogP contribution in [-0.2, 0) is 0 Å². The van der Waals surface area contributed by atoms with E-state index < -0.39 is 11.6 Å². The monoisotopic (exact) mass is 262 g/mol. The molecule has 14 heavy (non-hydrogen) atoms. The minimum atomic E-state index is -0.744. The summed E-state index contributed by atoms with van der Waals surface area (Å²) >= 11 is 3.28. The molecule has 0 amide bonds. The first-order valence-corrected chi connectivity index (χ1v) is 5.30. The molecule has 78 valence electrons. The van der Waals surface area contributed by atoms with E-state index in [0.717, 1.165) is 5.56 Å². The Labute approximate surface area is 91.5 Å². The first-order chi connectivity index (χ1) is 6.37. The van der Waals surface area contributed by atoms with E-state index in [1.165, 1.54) is 0 Å². The average molecular weight is 263 g/mol. The van der Waals surface area contributed by atoms with E-state index in [4.69, 9.17) is 0 Å². The minimum Gasteiger partial charge on any atom is -0.203 e. The molecular weight excluding hydrogens is 250 g/mol. The summed E-state index contributed by atoms with van der Waals surface area (Å²) in [5.74, 6) is -1.47. The van der Waals surface area contributed by atoms with Crippen molar-refractivity contribution in [2.24, 2.45) is 0 Å². The molecule has 0 spiro atoms. The van der Waals surface area contributed by atoms with Gasteiger partial charge in [-0.1, -0.05) is 29.8 Å². The molecule has 0 radical (unpaired) electrons. The smallest absolute Gasteiger partial charge is 0.163 e. The molecule has 0 unspecified atom stereocenters. The highest BCUT2D eigenvalue weighted by Gasteiger charge is 2.20. The van der Waals surface area contributed by atoms with Gasteiger partial charge in [0.15, 0.2) is 11.6 Å².